The van der Waals surface area contributed by atoms with E-state index in [1.165, 1.54) is 12.3 Å². The molecule has 130 valence electrons. The van der Waals surface area contributed by atoms with Crippen LogP contribution in [0.2, 0.25) is 0 Å². The predicted octanol–water partition coefficient (Wildman–Crippen LogP) is 1.59. The Labute approximate surface area is 144 Å². The first-order valence-corrected chi connectivity index (χ1v) is 8.94. The number of nitrogens with one attached hydrogen (secondary N) is 2. The summed E-state index contributed by atoms with van der Waals surface area (Å²) in [5.74, 6) is 0.968. The van der Waals surface area contributed by atoms with E-state index in [4.69, 9.17) is 0 Å². The molecule has 0 aliphatic heterocycles. The van der Waals surface area contributed by atoms with Gasteiger partial charge in [-0.2, -0.15) is 8.42 Å². The highest BCUT2D eigenvalue weighted by Gasteiger charge is 2.19. The lowest BCUT2D eigenvalue weighted by Crippen LogP contribution is -2.13. The molecule has 25 heavy (non-hydrogen) atoms. The number of aryl methyl sites for hydroxylation is 3. The van der Waals surface area contributed by atoms with Gasteiger partial charge in [-0.15, -0.1) is 0 Å². The van der Waals surface area contributed by atoms with Gasteiger partial charge in [-0.05, 0) is 26.0 Å². The van der Waals surface area contributed by atoms with Gasteiger partial charge in [-0.3, -0.25) is 9.52 Å². The molecule has 8 nitrogen and oxygen atoms in total. The summed E-state index contributed by atoms with van der Waals surface area (Å²) in [6, 6.07) is 8.02. The van der Waals surface area contributed by atoms with E-state index in [0.29, 0.717) is 28.6 Å². The number of aromatic amines is 1. The summed E-state index contributed by atoms with van der Waals surface area (Å²) >= 11 is 0. The molecule has 0 aliphatic carbocycles. The zero-order valence-corrected chi connectivity index (χ0v) is 14.8. The Morgan fingerprint density at radius 1 is 1.16 bits per heavy atom. The number of H-pyrrole nitrogens is 1. The lowest BCUT2D eigenvalue weighted by Gasteiger charge is -2.08. The number of sulfonamides is 1. The molecular weight excluding hydrogens is 342 g/mol. The molecule has 2 heterocycles. The quantitative estimate of drug-likeness (QED) is 0.735. The molecule has 0 spiro atoms. The molecule has 0 amide bonds. The van der Waals surface area contributed by atoms with Crippen molar-refractivity contribution in [3.8, 4) is 11.4 Å². The number of imidazole rings is 1. The van der Waals surface area contributed by atoms with Crippen LogP contribution in [0.4, 0.5) is 5.69 Å². The van der Waals surface area contributed by atoms with Crippen molar-refractivity contribution >= 4 is 15.7 Å². The van der Waals surface area contributed by atoms with Crippen molar-refractivity contribution in [1.82, 2.24) is 19.5 Å². The number of nitrogens with zero attached hydrogens (tertiary/aromatic N) is 3. The van der Waals surface area contributed by atoms with Crippen molar-refractivity contribution in [2.45, 2.75) is 18.9 Å². The summed E-state index contributed by atoms with van der Waals surface area (Å²) in [6.45, 7) is 3.44. The number of anilines is 1. The fourth-order valence-electron chi connectivity index (χ4n) is 2.31. The molecular formula is C16H17N5O3S. The molecule has 3 rings (SSSR count). The van der Waals surface area contributed by atoms with Crippen LogP contribution in [0.5, 0.6) is 0 Å². The van der Waals surface area contributed by atoms with Crippen molar-refractivity contribution in [3.05, 3.63) is 58.4 Å². The van der Waals surface area contributed by atoms with Crippen molar-refractivity contribution in [3.63, 3.8) is 0 Å². The summed E-state index contributed by atoms with van der Waals surface area (Å²) in [6.07, 6.45) is 1.45. The van der Waals surface area contributed by atoms with Crippen LogP contribution < -0.4 is 10.3 Å². The highest BCUT2D eigenvalue weighted by Crippen LogP contribution is 2.21. The monoisotopic (exact) mass is 359 g/mol. The maximum Gasteiger partial charge on any atom is 0.280 e. The van der Waals surface area contributed by atoms with Crippen molar-refractivity contribution < 1.29 is 8.42 Å². The predicted molar refractivity (Wildman–Crippen MR) is 93.8 cm³/mol. The lowest BCUT2D eigenvalue weighted by atomic mass is 10.2. The molecule has 2 N–H and O–H groups in total. The lowest BCUT2D eigenvalue weighted by molar-refractivity contribution is 0.598. The maximum absolute atomic E-state index is 12.5. The van der Waals surface area contributed by atoms with E-state index in [9.17, 15) is 13.2 Å². The van der Waals surface area contributed by atoms with E-state index in [-0.39, 0.29) is 10.6 Å². The third-order valence-electron chi connectivity index (χ3n) is 3.62. The Balaban J connectivity index is 1.95. The van der Waals surface area contributed by atoms with Gasteiger partial charge in [0.2, 0.25) is 0 Å². The molecule has 0 bridgehead atoms. The Morgan fingerprint density at radius 2 is 1.92 bits per heavy atom. The molecule has 3 aromatic rings. The van der Waals surface area contributed by atoms with Crippen LogP contribution >= 0.6 is 0 Å². The van der Waals surface area contributed by atoms with Crippen LogP contribution in [0, 0.1) is 13.8 Å². The van der Waals surface area contributed by atoms with E-state index in [1.54, 1.807) is 49.7 Å². The van der Waals surface area contributed by atoms with Gasteiger partial charge in [-0.25, -0.2) is 9.97 Å². The van der Waals surface area contributed by atoms with Gasteiger partial charge < -0.3 is 9.55 Å². The third-order valence-corrected chi connectivity index (χ3v) is 4.87. The third kappa shape index (κ3) is 3.61. The highest BCUT2D eigenvalue weighted by atomic mass is 32.2. The summed E-state index contributed by atoms with van der Waals surface area (Å²) in [5, 5.41) is -0.0556. The Kier molecular flexibility index (Phi) is 4.17. The second-order valence-electron chi connectivity index (χ2n) is 5.66. The first kappa shape index (κ1) is 16.9. The molecule has 0 aliphatic rings. The fourth-order valence-corrected chi connectivity index (χ4v) is 3.40. The Morgan fingerprint density at radius 3 is 2.56 bits per heavy atom. The number of hydrogen-bond acceptors (Lipinski definition) is 5. The average molecular weight is 359 g/mol. The zero-order chi connectivity index (χ0) is 18.2. The first-order valence-electron chi connectivity index (χ1n) is 7.46. The molecule has 0 saturated carbocycles. The van der Waals surface area contributed by atoms with Crippen molar-refractivity contribution in [2.75, 3.05) is 4.72 Å². The highest BCUT2D eigenvalue weighted by molar-refractivity contribution is 7.92. The van der Waals surface area contributed by atoms with Crippen molar-refractivity contribution in [2.24, 2.45) is 7.05 Å². The topological polar surface area (TPSA) is 110 Å². The minimum Gasteiger partial charge on any atom is -0.337 e. The number of hydrogen-bond donors (Lipinski definition) is 2. The van der Waals surface area contributed by atoms with Gasteiger partial charge >= 0.3 is 0 Å². The van der Waals surface area contributed by atoms with E-state index in [2.05, 4.69) is 19.7 Å². The van der Waals surface area contributed by atoms with E-state index in [1.807, 2.05) is 0 Å². The minimum atomic E-state index is -3.80. The largest absolute Gasteiger partial charge is 0.337 e. The second-order valence-corrected chi connectivity index (χ2v) is 7.29. The smallest absolute Gasteiger partial charge is 0.280 e. The molecule has 0 radical (unpaired) electrons. The number of rotatable bonds is 4. The number of aromatic nitrogens is 4. The first-order chi connectivity index (χ1) is 11.7. The molecule has 0 unspecified atom stereocenters. The normalized spacial score (nSPS) is 11.5. The van der Waals surface area contributed by atoms with Gasteiger partial charge in [0.1, 0.15) is 11.6 Å². The van der Waals surface area contributed by atoms with E-state index < -0.39 is 10.0 Å². The van der Waals surface area contributed by atoms with Gasteiger partial charge in [0, 0.05) is 36.3 Å². The van der Waals surface area contributed by atoms with Crippen LogP contribution in [0.1, 0.15) is 11.5 Å². The zero-order valence-electron chi connectivity index (χ0n) is 13.9. The molecule has 0 fully saturated rings. The second kappa shape index (κ2) is 6.17. The average Bonchev–Trinajstić information content (AvgIpc) is 2.86. The fraction of sp³-hybridized carbons (Fsp3) is 0.188. The van der Waals surface area contributed by atoms with E-state index >= 15 is 0 Å². The summed E-state index contributed by atoms with van der Waals surface area (Å²) < 4.78 is 29.0. The number of benzene rings is 1. The summed E-state index contributed by atoms with van der Waals surface area (Å²) in [7, 11) is -2.08. The Hall–Kier alpha value is -2.94. The van der Waals surface area contributed by atoms with E-state index in [0.717, 1.165) is 0 Å². The standard InChI is InChI=1S/C16H17N5O3S/c1-10-7-14(22)19-16(17-10)12-5-4-6-13(8-12)20-25(23,24)15-9-21(3)11(2)18-15/h4-9,20H,1-3H3,(H,17,19,22). The van der Waals surface area contributed by atoms with Gasteiger partial charge in [-0.1, -0.05) is 12.1 Å². The van der Waals surface area contributed by atoms with Crippen LogP contribution in [0.15, 0.2) is 46.3 Å². The Bertz CT molecular complexity index is 1080. The molecule has 0 atom stereocenters. The molecule has 0 saturated heterocycles. The van der Waals surface area contributed by atoms with Gasteiger partial charge in [0.15, 0.2) is 5.03 Å². The molecule has 1 aromatic carbocycles. The van der Waals surface area contributed by atoms with Gasteiger partial charge in [0.05, 0.1) is 0 Å². The van der Waals surface area contributed by atoms with Gasteiger partial charge in [0.25, 0.3) is 15.6 Å². The molecule has 9 heteroatoms. The molecule has 2 aromatic heterocycles. The van der Waals surface area contributed by atoms with Crippen LogP contribution in [-0.2, 0) is 17.1 Å². The SMILES string of the molecule is Cc1cc(=O)[nH]c(-c2cccc(NS(=O)(=O)c3cn(C)c(C)n3)c2)n1. The summed E-state index contributed by atoms with van der Waals surface area (Å²) in [5.41, 5.74) is 1.26. The van der Waals surface area contributed by atoms with Crippen LogP contribution in [0.25, 0.3) is 11.4 Å². The summed E-state index contributed by atoms with van der Waals surface area (Å²) in [4.78, 5) is 22.5. The maximum atomic E-state index is 12.5. The van der Waals surface area contributed by atoms with Crippen molar-refractivity contribution in [1.29, 1.82) is 0 Å². The van der Waals surface area contributed by atoms with Crippen LogP contribution in [-0.4, -0.2) is 27.9 Å². The minimum absolute atomic E-state index is 0.0556. The van der Waals surface area contributed by atoms with Crippen LogP contribution in [0.3, 0.4) is 0 Å².